The van der Waals surface area contributed by atoms with Crippen LogP contribution >= 0.6 is 11.6 Å². The summed E-state index contributed by atoms with van der Waals surface area (Å²) in [4.78, 5) is 17.4. The molecule has 1 aromatic heterocycles. The molecule has 0 aliphatic heterocycles. The molecule has 0 amide bonds. The van der Waals surface area contributed by atoms with E-state index in [4.69, 9.17) is 11.6 Å². The fraction of sp³-hybridized carbons (Fsp3) is 0.500. The average molecular weight is 202 g/mol. The molecule has 0 aromatic carbocycles. The zero-order valence-electron chi connectivity index (χ0n) is 7.60. The van der Waals surface area contributed by atoms with Crippen LogP contribution in [0.3, 0.4) is 0 Å². The molecular formula is C8H12ClN3O. The molecule has 0 fully saturated rings. The van der Waals surface area contributed by atoms with Crippen LogP contribution in [-0.2, 0) is 0 Å². The summed E-state index contributed by atoms with van der Waals surface area (Å²) in [5.74, 6) is 0.444. The van der Waals surface area contributed by atoms with Crippen molar-refractivity contribution in [2.45, 2.75) is 26.3 Å². The van der Waals surface area contributed by atoms with Crippen LogP contribution in [0, 0.1) is 0 Å². The molecule has 2 N–H and O–H groups in total. The third kappa shape index (κ3) is 2.45. The van der Waals surface area contributed by atoms with Gasteiger partial charge in [-0.2, -0.15) is 0 Å². The Morgan fingerprint density at radius 1 is 1.77 bits per heavy atom. The molecule has 1 aromatic rings. The van der Waals surface area contributed by atoms with Crippen LogP contribution in [0.4, 0.5) is 5.82 Å². The maximum atomic E-state index is 11.0. The number of anilines is 1. The van der Waals surface area contributed by atoms with Gasteiger partial charge in [-0.1, -0.05) is 18.5 Å². The van der Waals surface area contributed by atoms with Gasteiger partial charge in [-0.25, -0.2) is 4.98 Å². The third-order valence-corrected chi connectivity index (χ3v) is 2.14. The second kappa shape index (κ2) is 4.28. The van der Waals surface area contributed by atoms with Gasteiger partial charge in [0.2, 0.25) is 0 Å². The molecule has 0 aliphatic rings. The number of aromatic amines is 1. The minimum absolute atomic E-state index is 0.114. The second-order valence-corrected chi connectivity index (χ2v) is 3.23. The van der Waals surface area contributed by atoms with Crippen LogP contribution in [0.1, 0.15) is 20.3 Å². The van der Waals surface area contributed by atoms with Crippen LogP contribution in [0.25, 0.3) is 0 Å². The first-order valence-corrected chi connectivity index (χ1v) is 4.52. The van der Waals surface area contributed by atoms with E-state index in [2.05, 4.69) is 15.3 Å². The van der Waals surface area contributed by atoms with Crippen molar-refractivity contribution in [3.8, 4) is 0 Å². The highest BCUT2D eigenvalue weighted by molar-refractivity contribution is 6.32. The molecule has 0 saturated heterocycles. The fourth-order valence-electron chi connectivity index (χ4n) is 0.819. The number of hydrogen-bond donors (Lipinski definition) is 2. The Bertz CT molecular complexity index is 336. The highest BCUT2D eigenvalue weighted by Gasteiger charge is 2.07. The molecule has 1 unspecified atom stereocenters. The van der Waals surface area contributed by atoms with Crippen LogP contribution in [0.15, 0.2) is 11.1 Å². The van der Waals surface area contributed by atoms with Crippen molar-refractivity contribution in [3.63, 3.8) is 0 Å². The Morgan fingerprint density at radius 2 is 2.46 bits per heavy atom. The molecule has 0 bridgehead atoms. The normalized spacial score (nSPS) is 12.5. The zero-order chi connectivity index (χ0) is 9.84. The SMILES string of the molecule is CCC(C)Nc1nc[nH]c(=O)c1Cl. The molecule has 1 rings (SSSR count). The second-order valence-electron chi connectivity index (χ2n) is 2.85. The molecule has 72 valence electrons. The molecule has 0 saturated carbocycles. The Balaban J connectivity index is 2.89. The van der Waals surface area contributed by atoms with Crippen LogP contribution in [0.2, 0.25) is 5.02 Å². The van der Waals surface area contributed by atoms with E-state index in [9.17, 15) is 4.79 Å². The van der Waals surface area contributed by atoms with Crippen LogP contribution in [-0.4, -0.2) is 16.0 Å². The summed E-state index contributed by atoms with van der Waals surface area (Å²) in [6, 6.07) is 0.256. The molecule has 13 heavy (non-hydrogen) atoms. The Kier molecular flexibility index (Phi) is 3.31. The van der Waals surface area contributed by atoms with E-state index in [1.165, 1.54) is 6.33 Å². The van der Waals surface area contributed by atoms with Gasteiger partial charge in [-0.15, -0.1) is 0 Å². The number of halogens is 1. The van der Waals surface area contributed by atoms with E-state index in [1.807, 2.05) is 13.8 Å². The van der Waals surface area contributed by atoms with Gasteiger partial charge in [-0.3, -0.25) is 4.79 Å². The number of rotatable bonds is 3. The summed E-state index contributed by atoms with van der Waals surface area (Å²) in [7, 11) is 0. The van der Waals surface area contributed by atoms with Gasteiger partial charge in [-0.05, 0) is 13.3 Å². The highest BCUT2D eigenvalue weighted by atomic mass is 35.5. The monoisotopic (exact) mass is 201 g/mol. The number of hydrogen-bond acceptors (Lipinski definition) is 3. The quantitative estimate of drug-likeness (QED) is 0.782. The zero-order valence-corrected chi connectivity index (χ0v) is 8.35. The van der Waals surface area contributed by atoms with Gasteiger partial charge in [0.05, 0.1) is 6.33 Å². The van der Waals surface area contributed by atoms with Gasteiger partial charge < -0.3 is 10.3 Å². The highest BCUT2D eigenvalue weighted by Crippen LogP contribution is 2.13. The average Bonchev–Trinajstić information content (AvgIpc) is 2.13. The first-order chi connectivity index (χ1) is 6.15. The van der Waals surface area contributed by atoms with Gasteiger partial charge in [0.25, 0.3) is 5.56 Å². The van der Waals surface area contributed by atoms with E-state index in [0.717, 1.165) is 6.42 Å². The molecular weight excluding hydrogens is 190 g/mol. The summed E-state index contributed by atoms with van der Waals surface area (Å²) in [6.07, 6.45) is 2.28. The molecule has 5 heteroatoms. The summed E-state index contributed by atoms with van der Waals surface area (Å²) in [5, 5.41) is 3.15. The van der Waals surface area contributed by atoms with Crippen molar-refractivity contribution in [3.05, 3.63) is 21.7 Å². The van der Waals surface area contributed by atoms with Crippen molar-refractivity contribution < 1.29 is 0 Å². The minimum Gasteiger partial charge on any atom is -0.366 e. The predicted molar refractivity (Wildman–Crippen MR) is 53.2 cm³/mol. The maximum Gasteiger partial charge on any atom is 0.271 e. The number of H-pyrrole nitrogens is 1. The first-order valence-electron chi connectivity index (χ1n) is 4.14. The lowest BCUT2D eigenvalue weighted by molar-refractivity contribution is 0.758. The van der Waals surface area contributed by atoms with Crippen molar-refractivity contribution >= 4 is 17.4 Å². The van der Waals surface area contributed by atoms with Gasteiger partial charge in [0.1, 0.15) is 5.02 Å². The number of nitrogens with zero attached hydrogens (tertiary/aromatic N) is 1. The molecule has 4 nitrogen and oxygen atoms in total. The molecule has 0 spiro atoms. The largest absolute Gasteiger partial charge is 0.366 e. The van der Waals surface area contributed by atoms with Crippen LogP contribution < -0.4 is 10.9 Å². The van der Waals surface area contributed by atoms with Gasteiger partial charge in [0.15, 0.2) is 5.82 Å². The lowest BCUT2D eigenvalue weighted by atomic mass is 10.2. The van der Waals surface area contributed by atoms with E-state index in [0.29, 0.717) is 5.82 Å². The smallest absolute Gasteiger partial charge is 0.271 e. The van der Waals surface area contributed by atoms with E-state index >= 15 is 0 Å². The van der Waals surface area contributed by atoms with Gasteiger partial charge in [0, 0.05) is 6.04 Å². The minimum atomic E-state index is -0.317. The predicted octanol–water partition coefficient (Wildman–Crippen LogP) is 1.63. The summed E-state index contributed by atoms with van der Waals surface area (Å²) in [5.41, 5.74) is -0.317. The Morgan fingerprint density at radius 3 is 3.08 bits per heavy atom. The van der Waals surface area contributed by atoms with E-state index < -0.39 is 0 Å². The van der Waals surface area contributed by atoms with Crippen molar-refractivity contribution in [1.29, 1.82) is 0 Å². The van der Waals surface area contributed by atoms with Crippen molar-refractivity contribution in [1.82, 2.24) is 9.97 Å². The summed E-state index contributed by atoms with van der Waals surface area (Å²) >= 11 is 5.73. The Labute approximate surface area is 81.3 Å². The number of aromatic nitrogens is 2. The Hall–Kier alpha value is -1.03. The molecule has 1 atom stereocenters. The standard InChI is InChI=1S/C8H12ClN3O/c1-3-5(2)12-7-6(9)8(13)11-4-10-7/h4-5H,3H2,1-2H3,(H2,10,11,12,13). The van der Waals surface area contributed by atoms with Crippen molar-refractivity contribution in [2.75, 3.05) is 5.32 Å². The fourth-order valence-corrected chi connectivity index (χ4v) is 0.977. The first kappa shape index (κ1) is 10.1. The van der Waals surface area contributed by atoms with E-state index in [-0.39, 0.29) is 16.6 Å². The summed E-state index contributed by atoms with van der Waals surface area (Å²) < 4.78 is 0. The summed E-state index contributed by atoms with van der Waals surface area (Å²) in [6.45, 7) is 4.04. The van der Waals surface area contributed by atoms with Gasteiger partial charge >= 0.3 is 0 Å². The number of nitrogens with one attached hydrogen (secondary N) is 2. The molecule has 0 radical (unpaired) electrons. The molecule has 0 aliphatic carbocycles. The topological polar surface area (TPSA) is 57.8 Å². The lowest BCUT2D eigenvalue weighted by Crippen LogP contribution is -2.18. The maximum absolute atomic E-state index is 11.0. The molecule has 1 heterocycles. The van der Waals surface area contributed by atoms with Crippen molar-refractivity contribution in [2.24, 2.45) is 0 Å². The van der Waals surface area contributed by atoms with Crippen LogP contribution in [0.5, 0.6) is 0 Å². The lowest BCUT2D eigenvalue weighted by Gasteiger charge is -2.11. The van der Waals surface area contributed by atoms with E-state index in [1.54, 1.807) is 0 Å². The third-order valence-electron chi connectivity index (χ3n) is 1.79.